The number of fused-ring (bicyclic) bond motifs is 2. The number of ether oxygens (including phenoxy) is 2. The predicted molar refractivity (Wildman–Crippen MR) is 125 cm³/mol. The molecule has 2 aromatic rings. The van der Waals surface area contributed by atoms with Crippen LogP contribution in [0.4, 0.5) is 22.4 Å². The highest BCUT2D eigenvalue weighted by atomic mass is 35.5. The summed E-state index contributed by atoms with van der Waals surface area (Å²) in [5.41, 5.74) is -1.82. The number of carbonyl (C=O) groups excluding carboxylic acids is 2. The summed E-state index contributed by atoms with van der Waals surface area (Å²) in [5.74, 6) is -1.96. The number of allylic oxidation sites excluding steroid dienone is 2. The van der Waals surface area contributed by atoms with Gasteiger partial charge in [0.2, 0.25) is 0 Å². The minimum absolute atomic E-state index is 0.0128. The zero-order valence-corrected chi connectivity index (χ0v) is 20.9. The van der Waals surface area contributed by atoms with Gasteiger partial charge in [-0.25, -0.2) is 9.18 Å². The largest absolute Gasteiger partial charge is 0.444 e. The summed E-state index contributed by atoms with van der Waals surface area (Å²) in [6, 6.07) is 6.03. The van der Waals surface area contributed by atoms with Crippen molar-refractivity contribution in [2.45, 2.75) is 44.8 Å². The fraction of sp³-hybridized carbons (Fsp3) is 0.360. The molecule has 36 heavy (non-hydrogen) atoms. The van der Waals surface area contributed by atoms with Gasteiger partial charge in [0.1, 0.15) is 11.2 Å². The van der Waals surface area contributed by atoms with E-state index in [1.807, 2.05) is 0 Å². The van der Waals surface area contributed by atoms with Gasteiger partial charge in [-0.2, -0.15) is 13.2 Å². The molecule has 1 saturated heterocycles. The minimum Gasteiger partial charge on any atom is -0.444 e. The van der Waals surface area contributed by atoms with Crippen LogP contribution < -0.4 is 0 Å². The first-order valence-electron chi connectivity index (χ1n) is 10.8. The first-order chi connectivity index (χ1) is 16.6. The maximum absolute atomic E-state index is 13.8. The number of amides is 1. The number of benzene rings is 2. The lowest BCUT2D eigenvalue weighted by Crippen LogP contribution is -2.61. The van der Waals surface area contributed by atoms with Gasteiger partial charge in [0, 0.05) is 5.56 Å². The van der Waals surface area contributed by atoms with Crippen molar-refractivity contribution >= 4 is 40.7 Å². The van der Waals surface area contributed by atoms with E-state index in [0.29, 0.717) is 11.6 Å². The molecule has 2 aromatic carbocycles. The summed E-state index contributed by atoms with van der Waals surface area (Å²) in [4.78, 5) is 26.6. The maximum atomic E-state index is 13.8. The first-order valence-corrected chi connectivity index (χ1v) is 11.6. The summed E-state index contributed by atoms with van der Waals surface area (Å²) in [6.45, 7) is 5.94. The summed E-state index contributed by atoms with van der Waals surface area (Å²) < 4.78 is 66.2. The van der Waals surface area contributed by atoms with Crippen LogP contribution >= 0.6 is 23.2 Å². The molecule has 0 saturated carbocycles. The Morgan fingerprint density at radius 1 is 1.06 bits per heavy atom. The van der Waals surface area contributed by atoms with Crippen molar-refractivity contribution in [3.05, 3.63) is 74.5 Å². The normalized spacial score (nSPS) is 17.1. The Kier molecular flexibility index (Phi) is 6.64. The molecule has 0 N–H and O–H groups in total. The quantitative estimate of drug-likeness (QED) is 0.181. The number of halogens is 6. The number of hydrogen-bond donors (Lipinski definition) is 0. The van der Waals surface area contributed by atoms with Gasteiger partial charge in [-0.3, -0.25) is 4.79 Å². The van der Waals surface area contributed by atoms with Crippen LogP contribution in [0.3, 0.4) is 0 Å². The Balaban J connectivity index is 1.57. The van der Waals surface area contributed by atoms with Gasteiger partial charge in [-0.15, -0.1) is 0 Å². The molecule has 1 spiro atoms. The molecular weight excluding hydrogens is 525 g/mol. The molecule has 0 aromatic heterocycles. The fourth-order valence-corrected chi connectivity index (χ4v) is 4.63. The Morgan fingerprint density at radius 3 is 2.22 bits per heavy atom. The van der Waals surface area contributed by atoms with Crippen LogP contribution in [-0.2, 0) is 21.7 Å². The van der Waals surface area contributed by atoms with E-state index >= 15 is 0 Å². The van der Waals surface area contributed by atoms with Crippen molar-refractivity contribution in [2.75, 3.05) is 13.1 Å². The Bertz CT molecular complexity index is 1250. The van der Waals surface area contributed by atoms with Crippen molar-refractivity contribution in [3.8, 4) is 0 Å². The monoisotopic (exact) mass is 545 g/mol. The molecule has 11 heteroatoms. The average molecular weight is 546 g/mol. The Labute approximate surface area is 214 Å². The second kappa shape index (κ2) is 9.04. The van der Waals surface area contributed by atoms with E-state index in [9.17, 15) is 27.2 Å². The molecule has 0 bridgehead atoms. The zero-order valence-electron chi connectivity index (χ0n) is 19.4. The van der Waals surface area contributed by atoms with Crippen LogP contribution in [-0.4, -0.2) is 41.6 Å². The molecule has 0 aliphatic carbocycles. The molecule has 2 aliphatic rings. The molecule has 4 rings (SSSR count). The first kappa shape index (κ1) is 26.4. The van der Waals surface area contributed by atoms with E-state index < -0.39 is 56.3 Å². The van der Waals surface area contributed by atoms with Crippen LogP contribution in [0.25, 0.3) is 5.57 Å². The molecule has 5 nitrogen and oxygen atoms in total. The number of hydrogen-bond acceptors (Lipinski definition) is 4. The summed E-state index contributed by atoms with van der Waals surface area (Å²) in [7, 11) is 0. The number of ketones is 1. The fourth-order valence-electron chi connectivity index (χ4n) is 4.15. The third-order valence-corrected chi connectivity index (χ3v) is 6.35. The van der Waals surface area contributed by atoms with Crippen molar-refractivity contribution in [3.63, 3.8) is 0 Å². The smallest absolute Gasteiger partial charge is 0.417 e. The highest BCUT2D eigenvalue weighted by Crippen LogP contribution is 2.44. The molecule has 0 radical (unpaired) electrons. The third kappa shape index (κ3) is 5.10. The number of rotatable bonds is 3. The lowest BCUT2D eigenvalue weighted by molar-refractivity contribution is -0.137. The standard InChI is InChI=1S/C25H21Cl2F4NO4/c1-23(2,3)36-22(34)32-11-24(12-32)16-5-4-13(6-15(16)10-35-24)20(33)9-17(25(29,30)31)14-7-18(26)21(28)19(27)8-14/h4-9H,10-12H2,1-3H3/b17-9-. The Hall–Kier alpha value is -2.62. The van der Waals surface area contributed by atoms with E-state index in [1.54, 1.807) is 26.8 Å². The molecule has 1 amide bonds. The molecule has 2 aliphatic heterocycles. The highest BCUT2D eigenvalue weighted by molar-refractivity contribution is 6.35. The van der Waals surface area contributed by atoms with Crippen molar-refractivity contribution in [1.29, 1.82) is 0 Å². The van der Waals surface area contributed by atoms with Crippen LogP contribution in [0.1, 0.15) is 47.8 Å². The average Bonchev–Trinajstić information content (AvgIpc) is 3.11. The van der Waals surface area contributed by atoms with Crippen molar-refractivity contribution < 1.29 is 36.6 Å². The summed E-state index contributed by atoms with van der Waals surface area (Å²) >= 11 is 11.3. The number of likely N-dealkylation sites (tertiary alicyclic amines) is 1. The molecule has 0 atom stereocenters. The number of carbonyl (C=O) groups is 2. The summed E-state index contributed by atoms with van der Waals surface area (Å²) in [6.07, 6.45) is -4.97. The second-order valence-corrected chi connectivity index (χ2v) is 10.5. The van der Waals surface area contributed by atoms with Gasteiger partial charge >= 0.3 is 12.3 Å². The lowest BCUT2D eigenvalue weighted by atomic mass is 9.84. The second-order valence-electron chi connectivity index (χ2n) is 9.67. The van der Waals surface area contributed by atoms with Crippen LogP contribution in [0.5, 0.6) is 0 Å². The van der Waals surface area contributed by atoms with Crippen LogP contribution in [0.15, 0.2) is 36.4 Å². The van der Waals surface area contributed by atoms with Gasteiger partial charge in [-0.05, 0) is 61.7 Å². The van der Waals surface area contributed by atoms with Gasteiger partial charge in [0.05, 0.1) is 35.3 Å². The van der Waals surface area contributed by atoms with Gasteiger partial charge in [0.25, 0.3) is 0 Å². The van der Waals surface area contributed by atoms with Crippen LogP contribution in [0, 0.1) is 5.82 Å². The van der Waals surface area contributed by atoms with E-state index in [-0.39, 0.29) is 25.3 Å². The third-order valence-electron chi connectivity index (χ3n) is 5.80. The highest BCUT2D eigenvalue weighted by Gasteiger charge is 2.52. The van der Waals surface area contributed by atoms with Crippen molar-refractivity contribution in [1.82, 2.24) is 4.90 Å². The van der Waals surface area contributed by atoms with E-state index in [2.05, 4.69) is 0 Å². The molecule has 1 fully saturated rings. The van der Waals surface area contributed by atoms with E-state index in [1.165, 1.54) is 17.0 Å². The maximum Gasteiger partial charge on any atom is 0.417 e. The lowest BCUT2D eigenvalue weighted by Gasteiger charge is -2.47. The molecule has 2 heterocycles. The minimum atomic E-state index is -4.93. The SMILES string of the molecule is CC(C)(C)OC(=O)N1CC2(C1)OCc1cc(C(=O)/C=C(/c3cc(Cl)c(F)c(Cl)c3)C(F)(F)F)ccc12. The van der Waals surface area contributed by atoms with Gasteiger partial charge in [0.15, 0.2) is 11.6 Å². The number of alkyl halides is 3. The van der Waals surface area contributed by atoms with Crippen molar-refractivity contribution in [2.24, 2.45) is 0 Å². The van der Waals surface area contributed by atoms with Crippen LogP contribution in [0.2, 0.25) is 10.0 Å². The number of nitrogens with zero attached hydrogens (tertiary/aromatic N) is 1. The molecular formula is C25H21Cl2F4NO4. The molecule has 0 unspecified atom stereocenters. The molecule has 192 valence electrons. The predicted octanol–water partition coefficient (Wildman–Crippen LogP) is 6.94. The summed E-state index contributed by atoms with van der Waals surface area (Å²) in [5, 5.41) is -1.19. The van der Waals surface area contributed by atoms with Gasteiger partial charge < -0.3 is 14.4 Å². The topological polar surface area (TPSA) is 55.8 Å². The Morgan fingerprint density at radius 2 is 1.67 bits per heavy atom. The van der Waals surface area contributed by atoms with Gasteiger partial charge in [-0.1, -0.05) is 35.3 Å². The van der Waals surface area contributed by atoms with E-state index in [4.69, 9.17) is 32.7 Å². The van der Waals surface area contributed by atoms with E-state index in [0.717, 1.165) is 17.7 Å². The zero-order chi connectivity index (χ0) is 26.6.